The van der Waals surface area contributed by atoms with Gasteiger partial charge in [-0.3, -0.25) is 4.79 Å². The van der Waals surface area contributed by atoms with E-state index in [9.17, 15) is 20.1 Å². The molecule has 3 N–H and O–H groups in total. The molecule has 0 aromatic rings. The molecule has 7 fully saturated rings. The fourth-order valence-corrected chi connectivity index (χ4v) is 13.7. The van der Waals surface area contributed by atoms with E-state index in [-0.39, 0.29) is 85.0 Å². The minimum absolute atomic E-state index is 0.0173. The number of carboxylic acid groups (broad SMARTS) is 1. The number of methoxy groups -OCH3 is 5. The predicted molar refractivity (Wildman–Crippen MR) is 237 cm³/mol. The van der Waals surface area contributed by atoms with Crippen molar-refractivity contribution >= 4 is 5.97 Å². The number of carbonyl (C=O) groups is 1. The van der Waals surface area contributed by atoms with Gasteiger partial charge in [0.15, 0.2) is 23.7 Å². The van der Waals surface area contributed by atoms with Crippen molar-refractivity contribution in [3.63, 3.8) is 0 Å². The maximum absolute atomic E-state index is 12.6. The minimum atomic E-state index is -2.12. The molecule has 0 aliphatic carbocycles. The summed E-state index contributed by atoms with van der Waals surface area (Å²) in [7, 11) is 8.28. The highest BCUT2D eigenvalue weighted by atomic mass is 16.8. The third kappa shape index (κ3) is 8.96. The van der Waals surface area contributed by atoms with Crippen LogP contribution < -0.4 is 0 Å². The summed E-state index contributed by atoms with van der Waals surface area (Å²) in [6.45, 7) is 19.0. The Kier molecular flexibility index (Phi) is 15.8. The van der Waals surface area contributed by atoms with Gasteiger partial charge in [-0.15, -0.1) is 0 Å². The van der Waals surface area contributed by atoms with Crippen molar-refractivity contribution in [2.75, 3.05) is 35.5 Å². The second-order valence-corrected chi connectivity index (χ2v) is 21.5. The molecule has 0 aromatic carbocycles. The average molecular weight is 945 g/mol. The van der Waals surface area contributed by atoms with Crippen LogP contribution in [0.4, 0.5) is 0 Å². The van der Waals surface area contributed by atoms with E-state index >= 15 is 0 Å². The van der Waals surface area contributed by atoms with Crippen LogP contribution in [0.25, 0.3) is 0 Å². The molecule has 7 aliphatic heterocycles. The summed E-state index contributed by atoms with van der Waals surface area (Å²) in [5.74, 6) is -8.75. The quantitative estimate of drug-likeness (QED) is 0.205. The van der Waals surface area contributed by atoms with E-state index in [1.54, 1.807) is 42.3 Å². The van der Waals surface area contributed by atoms with Gasteiger partial charge >= 0.3 is 5.97 Å². The second-order valence-electron chi connectivity index (χ2n) is 21.5. The topological polar surface area (TPSA) is 198 Å². The van der Waals surface area contributed by atoms with Crippen LogP contribution in [-0.2, 0) is 66.4 Å². The number of carboxylic acids is 1. The van der Waals surface area contributed by atoms with Crippen molar-refractivity contribution in [1.29, 1.82) is 0 Å². The van der Waals surface area contributed by atoms with E-state index in [1.165, 1.54) is 14.0 Å². The van der Waals surface area contributed by atoms with E-state index in [4.69, 9.17) is 61.6 Å². The van der Waals surface area contributed by atoms with Gasteiger partial charge in [0.25, 0.3) is 0 Å². The highest BCUT2D eigenvalue weighted by Crippen LogP contribution is 2.57. The molecule has 0 amide bonds. The zero-order valence-electron chi connectivity index (χ0n) is 42.3. The molecule has 66 heavy (non-hydrogen) atoms. The SMILES string of the molecule is CO[C@H]1[C@H](C)[C@@H]([C@@H]2CC[C@H]([C@@H]3CC[C@H]([C@]4(C)O[C@]5(O[C@@H](C[C@@H]6O[C@](O)([C@H](C)C(=O)O)[C@H](C)[C@@H](OC)[C@@]6(C)O[C@H]6CC[C@@H](OC)[C@@H](C)O6)C[C@@H](OC)[C@H]5C)[C@H](C)[C@H]4OC)O3)O2)O[C@](C)(O)[C@H]1C. The molecule has 0 aromatic heterocycles. The van der Waals surface area contributed by atoms with Crippen LogP contribution in [0.3, 0.4) is 0 Å². The molecule has 7 heterocycles. The Hall–Kier alpha value is -1.13. The molecule has 7 saturated heterocycles. The summed E-state index contributed by atoms with van der Waals surface area (Å²) in [6, 6.07) is 0. The van der Waals surface area contributed by atoms with E-state index in [0.29, 0.717) is 25.7 Å². The smallest absolute Gasteiger partial charge is 0.311 e. The molecule has 0 saturated carbocycles. The number of aliphatic carboxylic acids is 1. The zero-order valence-corrected chi connectivity index (χ0v) is 42.3. The Morgan fingerprint density at radius 2 is 1.32 bits per heavy atom. The largest absolute Gasteiger partial charge is 0.481 e. The number of aliphatic hydroxyl groups is 2. The molecule has 0 unspecified atom stereocenters. The number of hydrogen-bond donors (Lipinski definition) is 3. The van der Waals surface area contributed by atoms with Gasteiger partial charge in [-0.25, -0.2) is 0 Å². The first kappa shape index (κ1) is 52.7. The number of hydrogen-bond acceptors (Lipinski definition) is 16. The van der Waals surface area contributed by atoms with Crippen LogP contribution in [0.5, 0.6) is 0 Å². The third-order valence-corrected chi connectivity index (χ3v) is 17.8. The van der Waals surface area contributed by atoms with Gasteiger partial charge in [0.2, 0.25) is 0 Å². The summed E-state index contributed by atoms with van der Waals surface area (Å²) in [5.41, 5.74) is -2.19. The van der Waals surface area contributed by atoms with Crippen molar-refractivity contribution < 1.29 is 81.7 Å². The van der Waals surface area contributed by atoms with Crippen molar-refractivity contribution in [1.82, 2.24) is 0 Å². The monoisotopic (exact) mass is 945 g/mol. The van der Waals surface area contributed by atoms with Gasteiger partial charge < -0.3 is 76.9 Å². The molecule has 0 radical (unpaired) electrons. The Bertz CT molecular complexity index is 1650. The Morgan fingerprint density at radius 1 is 0.682 bits per heavy atom. The van der Waals surface area contributed by atoms with E-state index in [1.807, 2.05) is 20.8 Å². The minimum Gasteiger partial charge on any atom is -0.481 e. The van der Waals surface area contributed by atoms with Gasteiger partial charge in [-0.2, -0.15) is 0 Å². The summed E-state index contributed by atoms with van der Waals surface area (Å²) in [4.78, 5) is 12.6. The maximum Gasteiger partial charge on any atom is 0.311 e. The predicted octanol–water partition coefficient (Wildman–Crippen LogP) is 5.22. The Balaban J connectivity index is 1.12. The molecule has 25 atom stereocenters. The molecule has 7 aliphatic rings. The lowest BCUT2D eigenvalue weighted by molar-refractivity contribution is -0.403. The summed E-state index contributed by atoms with van der Waals surface area (Å²) < 4.78 is 85.1. The standard InChI is InChI=1S/C49H84O17/c1-24-40(56-13)26(3)47(10,52)65-41(24)35-17-16-33(60-35)34-18-20-37(61-34)46(9)43(58-15)28(5)49(66-46)25(2)36(55-12)22-31(62-49)23-38-45(8,64-39-21-19-32(54-11)30(7)59-39)42(57-14)27(4)48(53,63-38)29(6)44(50)51/h24-43,52-53H,16-23H2,1-15H3,(H,50,51)/t24-,25+,26-,27+,28+,29+,30+,31+,32+,33+,34-,35-,36+,37+,38-,39-,40-,41-,42+,43+,45-,46-,47-,48-,49-/m0/s1. The molecular formula is C49H84O17. The lowest BCUT2D eigenvalue weighted by Gasteiger charge is -2.58. The highest BCUT2D eigenvalue weighted by Gasteiger charge is 2.70. The second kappa shape index (κ2) is 19.8. The summed E-state index contributed by atoms with van der Waals surface area (Å²) in [5, 5.41) is 33.7. The molecule has 0 bridgehead atoms. The van der Waals surface area contributed by atoms with Crippen molar-refractivity contribution in [3.05, 3.63) is 0 Å². The van der Waals surface area contributed by atoms with Crippen LogP contribution in [0.2, 0.25) is 0 Å². The summed E-state index contributed by atoms with van der Waals surface area (Å²) >= 11 is 0. The third-order valence-electron chi connectivity index (χ3n) is 17.8. The van der Waals surface area contributed by atoms with Gasteiger partial charge in [-0.05, 0) is 66.7 Å². The van der Waals surface area contributed by atoms with E-state index in [0.717, 1.165) is 19.3 Å². The molecule has 17 heteroatoms. The van der Waals surface area contributed by atoms with Gasteiger partial charge in [0.1, 0.15) is 17.1 Å². The fraction of sp³-hybridized carbons (Fsp3) is 0.980. The first-order valence-corrected chi connectivity index (χ1v) is 24.7. The lowest BCUT2D eigenvalue weighted by atomic mass is 9.71. The zero-order chi connectivity index (χ0) is 48.5. The fourth-order valence-electron chi connectivity index (χ4n) is 13.7. The van der Waals surface area contributed by atoms with Crippen molar-refractivity contribution in [3.8, 4) is 0 Å². The molecule has 17 nitrogen and oxygen atoms in total. The van der Waals surface area contributed by atoms with Gasteiger partial charge in [-0.1, -0.05) is 34.6 Å². The molecule has 1 spiro atoms. The Labute approximate surface area is 392 Å². The highest BCUT2D eigenvalue weighted by molar-refractivity contribution is 5.70. The van der Waals surface area contributed by atoms with Crippen LogP contribution in [0.15, 0.2) is 0 Å². The van der Waals surface area contributed by atoms with Crippen molar-refractivity contribution in [2.24, 2.45) is 35.5 Å². The average Bonchev–Trinajstić information content (AvgIpc) is 4.01. The normalized spacial score (nSPS) is 53.9. The van der Waals surface area contributed by atoms with E-state index in [2.05, 4.69) is 27.7 Å². The van der Waals surface area contributed by atoms with Crippen molar-refractivity contribution in [2.45, 2.75) is 235 Å². The van der Waals surface area contributed by atoms with Gasteiger partial charge in [0.05, 0.1) is 79.4 Å². The van der Waals surface area contributed by atoms with Crippen LogP contribution in [0.1, 0.15) is 121 Å². The number of ether oxygens (including phenoxy) is 13. The molecule has 7 rings (SSSR count). The molecule has 382 valence electrons. The summed E-state index contributed by atoms with van der Waals surface area (Å²) in [6.07, 6.45) is -0.593. The van der Waals surface area contributed by atoms with Crippen LogP contribution in [-0.4, -0.2) is 171 Å². The molecular weight excluding hydrogens is 861 g/mol. The first-order chi connectivity index (χ1) is 31.0. The van der Waals surface area contributed by atoms with Crippen LogP contribution in [0, 0.1) is 35.5 Å². The van der Waals surface area contributed by atoms with E-state index < -0.39 is 77.1 Å². The number of rotatable bonds is 14. The first-order valence-electron chi connectivity index (χ1n) is 24.7. The maximum atomic E-state index is 12.6. The Morgan fingerprint density at radius 3 is 1.92 bits per heavy atom. The van der Waals surface area contributed by atoms with Crippen LogP contribution >= 0.6 is 0 Å². The van der Waals surface area contributed by atoms with Gasteiger partial charge in [0, 0.05) is 84.4 Å². The lowest BCUT2D eigenvalue weighted by Crippen LogP contribution is -2.71.